The molecule has 0 saturated carbocycles. The molecule has 0 aliphatic heterocycles. The third kappa shape index (κ3) is 5.96. The first-order valence-electron chi connectivity index (χ1n) is 6.39. The molecule has 1 aromatic rings. The Morgan fingerprint density at radius 3 is 2.64 bits per heavy atom. The van der Waals surface area contributed by atoms with Crippen LogP contribution in [0.15, 0.2) is 41.8 Å². The van der Waals surface area contributed by atoms with E-state index in [2.05, 4.69) is 11.9 Å². The highest BCUT2D eigenvalue weighted by molar-refractivity contribution is 8.00. The largest absolute Gasteiger partial charge is 0.452 e. The minimum Gasteiger partial charge on any atom is -0.452 e. The molecule has 118 valence electrons. The van der Waals surface area contributed by atoms with E-state index < -0.39 is 22.9 Å². The van der Waals surface area contributed by atoms with Gasteiger partial charge in [0.15, 0.2) is 6.10 Å². The van der Waals surface area contributed by atoms with Gasteiger partial charge in [-0.25, -0.2) is 0 Å². The fourth-order valence-corrected chi connectivity index (χ4v) is 2.09. The van der Waals surface area contributed by atoms with Crippen LogP contribution in [0.25, 0.3) is 0 Å². The Morgan fingerprint density at radius 2 is 2.09 bits per heavy atom. The summed E-state index contributed by atoms with van der Waals surface area (Å²) in [7, 11) is 0. The molecule has 22 heavy (non-hydrogen) atoms. The second-order valence-electron chi connectivity index (χ2n) is 4.21. The highest BCUT2D eigenvalue weighted by atomic mass is 32.2. The third-order valence-corrected chi connectivity index (χ3v) is 3.49. The smallest absolute Gasteiger partial charge is 0.317 e. The van der Waals surface area contributed by atoms with Gasteiger partial charge in [-0.2, -0.15) is 0 Å². The zero-order valence-corrected chi connectivity index (χ0v) is 12.8. The first-order valence-corrected chi connectivity index (χ1v) is 7.38. The van der Waals surface area contributed by atoms with E-state index in [0.717, 1.165) is 0 Å². The average molecular weight is 324 g/mol. The number of nitro benzene ring substituents is 1. The van der Waals surface area contributed by atoms with Crippen molar-refractivity contribution in [3.8, 4) is 0 Å². The van der Waals surface area contributed by atoms with Crippen molar-refractivity contribution in [2.75, 3.05) is 12.3 Å². The number of ether oxygens (including phenoxy) is 1. The standard InChI is InChI=1S/C14H16N2O5S/c1-3-8-15-14(18)10(2)21-13(17)9-22-12-6-4-11(5-7-12)16(19)20/h3-7,10H,1,8-9H2,2H3,(H,15,18)/t10-/m0/s1. The lowest BCUT2D eigenvalue weighted by Crippen LogP contribution is -2.36. The van der Waals surface area contributed by atoms with Gasteiger partial charge in [-0.05, 0) is 19.1 Å². The number of hydrogen-bond acceptors (Lipinski definition) is 6. The lowest BCUT2D eigenvalue weighted by molar-refractivity contribution is -0.384. The number of hydrogen-bond donors (Lipinski definition) is 1. The number of carbonyl (C=O) groups excluding carboxylic acids is 2. The van der Waals surface area contributed by atoms with Gasteiger partial charge in [0.2, 0.25) is 0 Å². The van der Waals surface area contributed by atoms with Gasteiger partial charge in [-0.15, -0.1) is 18.3 Å². The zero-order chi connectivity index (χ0) is 16.5. The predicted octanol–water partition coefficient (Wildman–Crippen LogP) is 1.92. The molecule has 1 aromatic carbocycles. The Morgan fingerprint density at radius 1 is 1.45 bits per heavy atom. The maximum absolute atomic E-state index is 11.6. The third-order valence-electron chi connectivity index (χ3n) is 2.50. The van der Waals surface area contributed by atoms with Crippen LogP contribution in [-0.4, -0.2) is 35.2 Å². The van der Waals surface area contributed by atoms with Gasteiger partial charge >= 0.3 is 5.97 Å². The second kappa shape index (κ2) is 8.83. The van der Waals surface area contributed by atoms with E-state index in [0.29, 0.717) is 11.4 Å². The number of benzene rings is 1. The highest BCUT2D eigenvalue weighted by Gasteiger charge is 2.17. The fourth-order valence-electron chi connectivity index (χ4n) is 1.41. The summed E-state index contributed by atoms with van der Waals surface area (Å²) >= 11 is 1.18. The summed E-state index contributed by atoms with van der Waals surface area (Å²) in [6.07, 6.45) is 0.640. The molecule has 1 rings (SSSR count). The SMILES string of the molecule is C=CCNC(=O)[C@H](C)OC(=O)CSc1ccc([N+](=O)[O-])cc1. The number of carbonyl (C=O) groups is 2. The molecule has 1 amide bonds. The van der Waals surface area contributed by atoms with Crippen LogP contribution in [0.5, 0.6) is 0 Å². The molecule has 7 nitrogen and oxygen atoms in total. The number of nitro groups is 1. The average Bonchev–Trinajstić information content (AvgIpc) is 2.50. The van der Waals surface area contributed by atoms with Crippen LogP contribution in [0.1, 0.15) is 6.92 Å². The first kappa shape index (κ1) is 17.7. The number of amides is 1. The van der Waals surface area contributed by atoms with E-state index in [1.165, 1.54) is 36.9 Å². The Balaban J connectivity index is 2.40. The van der Waals surface area contributed by atoms with E-state index in [1.807, 2.05) is 0 Å². The molecule has 0 unspecified atom stereocenters. The van der Waals surface area contributed by atoms with Gasteiger partial charge < -0.3 is 10.1 Å². The molecule has 0 bridgehead atoms. The van der Waals surface area contributed by atoms with Crippen molar-refractivity contribution in [2.45, 2.75) is 17.9 Å². The van der Waals surface area contributed by atoms with Crippen molar-refractivity contribution in [2.24, 2.45) is 0 Å². The number of nitrogens with zero attached hydrogens (tertiary/aromatic N) is 1. The summed E-state index contributed by atoms with van der Waals surface area (Å²) < 4.78 is 4.98. The number of non-ortho nitro benzene ring substituents is 1. The van der Waals surface area contributed by atoms with Crippen molar-refractivity contribution in [1.29, 1.82) is 0 Å². The molecular weight excluding hydrogens is 308 g/mol. The van der Waals surface area contributed by atoms with Crippen molar-refractivity contribution < 1.29 is 19.2 Å². The lowest BCUT2D eigenvalue weighted by Gasteiger charge is -2.12. The maximum Gasteiger partial charge on any atom is 0.317 e. The van der Waals surface area contributed by atoms with Gasteiger partial charge in [0.1, 0.15) is 0 Å². The predicted molar refractivity (Wildman–Crippen MR) is 82.6 cm³/mol. The first-order chi connectivity index (χ1) is 10.4. The van der Waals surface area contributed by atoms with Gasteiger partial charge in [-0.3, -0.25) is 19.7 Å². The lowest BCUT2D eigenvalue weighted by atomic mass is 10.3. The molecule has 1 atom stereocenters. The molecular formula is C14H16N2O5S. The quantitative estimate of drug-likeness (QED) is 0.258. The summed E-state index contributed by atoms with van der Waals surface area (Å²) in [4.78, 5) is 33.9. The van der Waals surface area contributed by atoms with Crippen LogP contribution in [0.4, 0.5) is 5.69 Å². The Kier molecular flexibility index (Phi) is 7.11. The molecule has 0 heterocycles. The van der Waals surface area contributed by atoms with Crippen molar-refractivity contribution >= 4 is 29.3 Å². The summed E-state index contributed by atoms with van der Waals surface area (Å²) in [5.41, 5.74) is -0.0144. The highest BCUT2D eigenvalue weighted by Crippen LogP contribution is 2.21. The van der Waals surface area contributed by atoms with E-state index in [-0.39, 0.29) is 11.4 Å². The minimum atomic E-state index is -0.884. The molecule has 8 heteroatoms. The Labute approximate surface area is 131 Å². The van der Waals surface area contributed by atoms with Crippen LogP contribution in [0, 0.1) is 10.1 Å². The molecule has 0 aromatic heterocycles. The monoisotopic (exact) mass is 324 g/mol. The molecule has 0 radical (unpaired) electrons. The second-order valence-corrected chi connectivity index (χ2v) is 5.25. The number of esters is 1. The maximum atomic E-state index is 11.6. The van der Waals surface area contributed by atoms with Crippen molar-refractivity contribution in [3.05, 3.63) is 47.0 Å². The summed E-state index contributed by atoms with van der Waals surface area (Å²) in [5, 5.41) is 13.0. The van der Waals surface area contributed by atoms with Gasteiger partial charge in [-0.1, -0.05) is 6.08 Å². The minimum absolute atomic E-state index is 0.0108. The van der Waals surface area contributed by atoms with Crippen LogP contribution in [0.3, 0.4) is 0 Å². The van der Waals surface area contributed by atoms with Gasteiger partial charge in [0, 0.05) is 23.6 Å². The number of thioether (sulfide) groups is 1. The van der Waals surface area contributed by atoms with E-state index in [4.69, 9.17) is 4.74 Å². The molecule has 0 saturated heterocycles. The molecule has 0 aliphatic rings. The topological polar surface area (TPSA) is 98.5 Å². The fraction of sp³-hybridized carbons (Fsp3) is 0.286. The molecule has 0 aliphatic carbocycles. The van der Waals surface area contributed by atoms with E-state index in [1.54, 1.807) is 12.1 Å². The summed E-state index contributed by atoms with van der Waals surface area (Å²) in [6, 6.07) is 5.82. The molecule has 0 spiro atoms. The number of nitrogens with one attached hydrogen (secondary N) is 1. The van der Waals surface area contributed by atoms with Crippen LogP contribution in [0.2, 0.25) is 0 Å². The van der Waals surface area contributed by atoms with E-state index in [9.17, 15) is 19.7 Å². The van der Waals surface area contributed by atoms with Crippen LogP contribution < -0.4 is 5.32 Å². The Hall–Kier alpha value is -2.35. The Bertz CT molecular complexity index is 559. The van der Waals surface area contributed by atoms with Crippen molar-refractivity contribution in [1.82, 2.24) is 5.32 Å². The summed E-state index contributed by atoms with van der Waals surface area (Å²) in [6.45, 7) is 5.25. The number of rotatable bonds is 8. The van der Waals surface area contributed by atoms with Gasteiger partial charge in [0.05, 0.1) is 10.7 Å². The van der Waals surface area contributed by atoms with Crippen molar-refractivity contribution in [3.63, 3.8) is 0 Å². The van der Waals surface area contributed by atoms with Gasteiger partial charge in [0.25, 0.3) is 11.6 Å². The molecule has 1 N–H and O–H groups in total. The van der Waals surface area contributed by atoms with Crippen LogP contribution >= 0.6 is 11.8 Å². The normalized spacial score (nSPS) is 11.3. The zero-order valence-electron chi connectivity index (χ0n) is 12.0. The molecule has 0 fully saturated rings. The van der Waals surface area contributed by atoms with Crippen LogP contribution in [-0.2, 0) is 14.3 Å². The van der Waals surface area contributed by atoms with E-state index >= 15 is 0 Å². The summed E-state index contributed by atoms with van der Waals surface area (Å²) in [5.74, 6) is -0.921.